The standard InChI is InChI=1S/C40H60O12/c1-20-13-25-5-7-29-21(2)14-27(46-29)9-11-40-12-10-31(51-40)37-35(44)39(52-40)38-30(50-37)8-6-26(48-38)15-23(42)16-28-33(18-32(47-25)22(20)3)49-34(36(28)45-4)17-24(43)19-41/h20,24-39,41,43-44H,2-3,5-19H2,1,4H3/t20-,24+,25+,26-,27+,28+,29+,30+,31?,32-,33+,34-,35+,36-,37+,38+,39-,40+/m1/s1. The van der Waals surface area contributed by atoms with Crippen LogP contribution in [-0.2, 0) is 42.7 Å². The van der Waals surface area contributed by atoms with Crippen LogP contribution in [0, 0.1) is 11.8 Å². The van der Waals surface area contributed by atoms with Crippen molar-refractivity contribution in [3.63, 3.8) is 0 Å². The summed E-state index contributed by atoms with van der Waals surface area (Å²) in [5.41, 5.74) is 2.13. The molecular weight excluding hydrogens is 672 g/mol. The molecule has 8 aliphatic rings. The Morgan fingerprint density at radius 1 is 0.808 bits per heavy atom. The molecule has 12 nitrogen and oxygen atoms in total. The highest BCUT2D eigenvalue weighted by molar-refractivity contribution is 5.79. The lowest BCUT2D eigenvalue weighted by atomic mass is 9.81. The molecule has 0 aliphatic carbocycles. The minimum absolute atomic E-state index is 0.00931. The second kappa shape index (κ2) is 15.3. The Labute approximate surface area is 307 Å². The Bertz CT molecular complexity index is 1330. The molecule has 1 spiro atoms. The van der Waals surface area contributed by atoms with Crippen molar-refractivity contribution in [3.8, 4) is 0 Å². The van der Waals surface area contributed by atoms with Gasteiger partial charge in [-0.15, -0.1) is 0 Å². The summed E-state index contributed by atoms with van der Waals surface area (Å²) >= 11 is 0. The van der Waals surface area contributed by atoms with E-state index in [1.807, 2.05) is 0 Å². The fourth-order valence-electron chi connectivity index (χ4n) is 10.8. The number of rotatable bonds is 4. The molecule has 8 aliphatic heterocycles. The van der Waals surface area contributed by atoms with Crippen LogP contribution in [0.5, 0.6) is 0 Å². The van der Waals surface area contributed by atoms with Crippen LogP contribution in [0.4, 0.5) is 0 Å². The number of Topliss-reactive ketones (excluding diaryl/α,β-unsaturated/α-hetero) is 1. The maximum Gasteiger partial charge on any atom is 0.169 e. The zero-order valence-electron chi connectivity index (χ0n) is 30.9. The van der Waals surface area contributed by atoms with E-state index in [4.69, 9.17) is 37.9 Å². The molecule has 0 amide bonds. The van der Waals surface area contributed by atoms with Crippen LogP contribution >= 0.6 is 0 Å². The third-order valence-corrected chi connectivity index (χ3v) is 13.6. The molecule has 8 saturated heterocycles. The monoisotopic (exact) mass is 732 g/mol. The Balaban J connectivity index is 1.07. The van der Waals surface area contributed by atoms with Gasteiger partial charge in [0.25, 0.3) is 0 Å². The van der Waals surface area contributed by atoms with Crippen molar-refractivity contribution in [2.45, 2.75) is 194 Å². The van der Waals surface area contributed by atoms with E-state index in [-0.39, 0.29) is 92.3 Å². The highest BCUT2D eigenvalue weighted by Gasteiger charge is 2.60. The van der Waals surface area contributed by atoms with Crippen LogP contribution in [0.25, 0.3) is 0 Å². The van der Waals surface area contributed by atoms with Crippen molar-refractivity contribution >= 4 is 5.78 Å². The molecule has 0 aromatic rings. The zero-order chi connectivity index (χ0) is 36.3. The summed E-state index contributed by atoms with van der Waals surface area (Å²) in [5.74, 6) is -0.855. The molecular formula is C40H60O12. The average molecular weight is 733 g/mol. The van der Waals surface area contributed by atoms with Crippen molar-refractivity contribution in [1.29, 1.82) is 0 Å². The first kappa shape index (κ1) is 37.6. The first-order chi connectivity index (χ1) is 25.0. The SMILES string of the molecule is C=C1C[C@@H]2CC[C@]34CCC(O3)[C@@H]3O[C@H]5CC[C@H](CC(=O)C[C@@H]6[C@@H](OC)[C@@H](C[C@H](O)CO)O[C@H]6C[C@H]6O[C@@H](CC[C@@H]1O2)C[C@@H](C)C6=C)O[C@@H]5[C@H](O4)[C@H]3O. The van der Waals surface area contributed by atoms with Crippen LogP contribution in [-0.4, -0.2) is 132 Å². The van der Waals surface area contributed by atoms with Gasteiger partial charge in [-0.3, -0.25) is 4.79 Å². The molecule has 0 saturated carbocycles. The molecule has 8 fully saturated rings. The van der Waals surface area contributed by atoms with Gasteiger partial charge < -0.3 is 53.2 Å². The Morgan fingerprint density at radius 2 is 1.58 bits per heavy atom. The zero-order valence-corrected chi connectivity index (χ0v) is 30.9. The van der Waals surface area contributed by atoms with Crippen LogP contribution in [0.2, 0.25) is 0 Å². The van der Waals surface area contributed by atoms with Gasteiger partial charge in [0.15, 0.2) is 5.79 Å². The maximum atomic E-state index is 14.0. The van der Waals surface area contributed by atoms with E-state index in [2.05, 4.69) is 20.1 Å². The second-order valence-corrected chi connectivity index (χ2v) is 17.1. The van der Waals surface area contributed by atoms with E-state index < -0.39 is 48.5 Å². The fourth-order valence-corrected chi connectivity index (χ4v) is 10.8. The third kappa shape index (κ3) is 7.36. The summed E-state index contributed by atoms with van der Waals surface area (Å²) in [5, 5.41) is 31.6. The summed E-state index contributed by atoms with van der Waals surface area (Å²) in [7, 11) is 1.61. The number of hydrogen-bond donors (Lipinski definition) is 3. The lowest BCUT2D eigenvalue weighted by Crippen LogP contribution is -2.63. The number of aliphatic hydroxyl groups excluding tert-OH is 3. The third-order valence-electron chi connectivity index (χ3n) is 13.6. The van der Waals surface area contributed by atoms with E-state index >= 15 is 0 Å². The number of ketones is 1. The first-order valence-electron chi connectivity index (χ1n) is 20.0. The van der Waals surface area contributed by atoms with Crippen LogP contribution in [0.3, 0.4) is 0 Å². The highest BCUT2D eigenvalue weighted by atomic mass is 16.7. The first-order valence-corrected chi connectivity index (χ1v) is 20.0. The average Bonchev–Trinajstić information content (AvgIpc) is 3.79. The normalized spacial score (nSPS) is 50.4. The lowest BCUT2D eigenvalue weighted by Gasteiger charge is -2.49. The Kier molecular flexibility index (Phi) is 11.1. The van der Waals surface area contributed by atoms with Gasteiger partial charge in [0.1, 0.15) is 30.2 Å². The topological polar surface area (TPSA) is 152 Å². The molecule has 0 aromatic heterocycles. The fraction of sp³-hybridized carbons (Fsp3) is 0.875. The van der Waals surface area contributed by atoms with Crippen molar-refractivity contribution in [1.82, 2.24) is 0 Å². The molecule has 1 unspecified atom stereocenters. The van der Waals surface area contributed by atoms with Gasteiger partial charge in [0.05, 0.1) is 73.8 Å². The summed E-state index contributed by atoms with van der Waals surface area (Å²) in [6.45, 7) is 10.7. The maximum absolute atomic E-state index is 14.0. The molecule has 18 atom stereocenters. The smallest absolute Gasteiger partial charge is 0.169 e. The van der Waals surface area contributed by atoms with E-state index in [0.29, 0.717) is 32.1 Å². The summed E-state index contributed by atoms with van der Waals surface area (Å²) in [4.78, 5) is 14.0. The highest BCUT2D eigenvalue weighted by Crippen LogP contribution is 2.49. The molecule has 8 heterocycles. The van der Waals surface area contributed by atoms with E-state index in [0.717, 1.165) is 49.7 Å². The van der Waals surface area contributed by atoms with Gasteiger partial charge >= 0.3 is 0 Å². The number of carbonyl (C=O) groups excluding carboxylic acids is 1. The van der Waals surface area contributed by atoms with Crippen molar-refractivity contribution in [2.24, 2.45) is 11.8 Å². The van der Waals surface area contributed by atoms with Gasteiger partial charge in [-0.25, -0.2) is 0 Å². The molecule has 12 heteroatoms. The number of carbonyl (C=O) groups is 1. The minimum atomic E-state index is -0.964. The molecule has 52 heavy (non-hydrogen) atoms. The van der Waals surface area contributed by atoms with E-state index in [1.54, 1.807) is 7.11 Å². The number of ether oxygens (including phenoxy) is 8. The van der Waals surface area contributed by atoms with Crippen molar-refractivity contribution in [3.05, 3.63) is 24.3 Å². The molecule has 0 radical (unpaired) electrons. The van der Waals surface area contributed by atoms with Gasteiger partial charge in [-0.2, -0.15) is 0 Å². The second-order valence-electron chi connectivity index (χ2n) is 17.1. The Hall–Kier alpha value is -1.29. The molecule has 0 aromatic carbocycles. The lowest BCUT2D eigenvalue weighted by molar-refractivity contribution is -0.299. The van der Waals surface area contributed by atoms with Gasteiger partial charge in [-0.1, -0.05) is 20.1 Å². The predicted molar refractivity (Wildman–Crippen MR) is 186 cm³/mol. The molecule has 3 N–H and O–H groups in total. The molecule has 10 bridgehead atoms. The van der Waals surface area contributed by atoms with Crippen molar-refractivity contribution < 1.29 is 58.0 Å². The summed E-state index contributed by atoms with van der Waals surface area (Å²) in [6.07, 6.45) is 2.67. The van der Waals surface area contributed by atoms with Crippen molar-refractivity contribution in [2.75, 3.05) is 13.7 Å². The van der Waals surface area contributed by atoms with Gasteiger partial charge in [-0.05, 0) is 68.4 Å². The summed E-state index contributed by atoms with van der Waals surface area (Å²) in [6, 6.07) is 0. The van der Waals surface area contributed by atoms with Crippen LogP contribution in [0.1, 0.15) is 96.8 Å². The Morgan fingerprint density at radius 3 is 2.38 bits per heavy atom. The number of aliphatic hydroxyl groups is 3. The summed E-state index contributed by atoms with van der Waals surface area (Å²) < 4.78 is 52.6. The molecule has 8 rings (SSSR count). The van der Waals surface area contributed by atoms with Crippen LogP contribution < -0.4 is 0 Å². The largest absolute Gasteiger partial charge is 0.394 e. The minimum Gasteiger partial charge on any atom is -0.394 e. The van der Waals surface area contributed by atoms with Gasteiger partial charge in [0.2, 0.25) is 0 Å². The quantitative estimate of drug-likeness (QED) is 0.363. The number of hydrogen-bond acceptors (Lipinski definition) is 12. The molecule has 292 valence electrons. The van der Waals surface area contributed by atoms with Gasteiger partial charge in [0, 0.05) is 51.6 Å². The van der Waals surface area contributed by atoms with Crippen LogP contribution in [0.15, 0.2) is 24.3 Å². The van der Waals surface area contributed by atoms with E-state index in [9.17, 15) is 20.1 Å². The van der Waals surface area contributed by atoms with E-state index in [1.165, 1.54) is 0 Å². The number of fused-ring (bicyclic) bond motifs is 9. The number of methoxy groups -OCH3 is 1. The predicted octanol–water partition coefficient (Wildman–Crippen LogP) is 3.46.